The molecule has 1 N–H and O–H groups in total. The Morgan fingerprint density at radius 2 is 1.70 bits per heavy atom. The van der Waals surface area contributed by atoms with E-state index in [1.165, 1.54) is 6.92 Å². The Labute approximate surface area is 126 Å². The van der Waals surface area contributed by atoms with Crippen LogP contribution in [-0.2, 0) is 4.79 Å². The highest BCUT2D eigenvalue weighted by Crippen LogP contribution is 2.24. The van der Waals surface area contributed by atoms with Crippen LogP contribution in [0.2, 0.25) is 0 Å². The van der Waals surface area contributed by atoms with Crippen LogP contribution in [0.1, 0.15) is 28.4 Å². The number of nitrogens with one attached hydrogen (secondary N) is 1. The fourth-order valence-corrected chi connectivity index (χ4v) is 2.33. The second-order valence-corrected chi connectivity index (χ2v) is 5.32. The Balaban J connectivity index is 2.29. The van der Waals surface area contributed by atoms with Gasteiger partial charge in [-0.2, -0.15) is 0 Å². The molecule has 0 fully saturated rings. The maximum atomic E-state index is 12.4. The maximum Gasteiger partial charge on any atom is 0.221 e. The first-order valence-electron chi connectivity index (χ1n) is 6.16. The second-order valence-electron chi connectivity index (χ2n) is 4.52. The molecule has 0 heterocycles. The Hall–Kier alpha value is -1.94. The van der Waals surface area contributed by atoms with E-state index in [4.69, 9.17) is 0 Å². The van der Waals surface area contributed by atoms with Crippen molar-refractivity contribution in [2.75, 3.05) is 5.32 Å². The number of rotatable bonds is 3. The summed E-state index contributed by atoms with van der Waals surface area (Å²) < 4.78 is 0.816. The largest absolute Gasteiger partial charge is 0.326 e. The molecule has 0 aliphatic rings. The van der Waals surface area contributed by atoms with E-state index in [9.17, 15) is 9.59 Å². The molecule has 0 saturated heterocycles. The zero-order chi connectivity index (χ0) is 14.7. The molecule has 3 nitrogen and oxygen atoms in total. The topological polar surface area (TPSA) is 46.2 Å². The number of aryl methyl sites for hydroxylation is 1. The third-order valence-electron chi connectivity index (χ3n) is 2.90. The smallest absolute Gasteiger partial charge is 0.221 e. The van der Waals surface area contributed by atoms with Gasteiger partial charge in [-0.15, -0.1) is 0 Å². The Morgan fingerprint density at radius 3 is 2.30 bits per heavy atom. The number of anilines is 1. The Morgan fingerprint density at radius 1 is 1.05 bits per heavy atom. The lowest BCUT2D eigenvalue weighted by atomic mass is 10.0. The van der Waals surface area contributed by atoms with E-state index in [-0.39, 0.29) is 11.7 Å². The summed E-state index contributed by atoms with van der Waals surface area (Å²) in [7, 11) is 0. The highest BCUT2D eigenvalue weighted by atomic mass is 79.9. The van der Waals surface area contributed by atoms with Crippen molar-refractivity contribution in [3.8, 4) is 0 Å². The van der Waals surface area contributed by atoms with Crippen LogP contribution in [0.3, 0.4) is 0 Å². The molecule has 0 radical (unpaired) electrons. The number of hydrogen-bond acceptors (Lipinski definition) is 2. The summed E-state index contributed by atoms with van der Waals surface area (Å²) in [5.41, 5.74) is 2.92. The number of amides is 1. The third-order valence-corrected chi connectivity index (χ3v) is 3.96. The minimum atomic E-state index is -0.134. The van der Waals surface area contributed by atoms with E-state index in [0.29, 0.717) is 16.8 Å². The van der Waals surface area contributed by atoms with Crippen LogP contribution in [-0.4, -0.2) is 11.7 Å². The van der Waals surface area contributed by atoms with Gasteiger partial charge in [0.25, 0.3) is 0 Å². The number of ketones is 1. The van der Waals surface area contributed by atoms with E-state index in [1.807, 2.05) is 19.1 Å². The number of carbonyl (C=O) groups is 2. The van der Waals surface area contributed by atoms with Crippen molar-refractivity contribution in [3.63, 3.8) is 0 Å². The monoisotopic (exact) mass is 331 g/mol. The molecule has 20 heavy (non-hydrogen) atoms. The molecule has 0 atom stereocenters. The quantitative estimate of drug-likeness (QED) is 0.865. The van der Waals surface area contributed by atoms with Crippen molar-refractivity contribution in [2.24, 2.45) is 0 Å². The number of halogens is 1. The molecule has 0 aliphatic heterocycles. The molecule has 2 rings (SSSR count). The predicted octanol–water partition coefficient (Wildman–Crippen LogP) is 3.95. The average Bonchev–Trinajstić information content (AvgIpc) is 2.41. The highest BCUT2D eigenvalue weighted by Gasteiger charge is 2.13. The van der Waals surface area contributed by atoms with Gasteiger partial charge in [0.1, 0.15) is 0 Å². The first kappa shape index (κ1) is 14.5. The molecule has 0 saturated carbocycles. The average molecular weight is 332 g/mol. The lowest BCUT2D eigenvalue weighted by molar-refractivity contribution is -0.114. The Kier molecular flexibility index (Phi) is 4.35. The number of carbonyl (C=O) groups excluding carboxylic acids is 2. The summed E-state index contributed by atoms with van der Waals surface area (Å²) >= 11 is 3.45. The molecule has 1 amide bonds. The lowest BCUT2D eigenvalue weighted by Crippen LogP contribution is -2.07. The normalized spacial score (nSPS) is 10.2. The van der Waals surface area contributed by atoms with E-state index in [0.717, 1.165) is 10.0 Å². The molecular formula is C16H14BrNO2. The third kappa shape index (κ3) is 3.14. The molecular weight excluding hydrogens is 318 g/mol. The second kappa shape index (κ2) is 6.01. The molecule has 4 heteroatoms. The molecule has 2 aromatic carbocycles. The number of benzene rings is 2. The fraction of sp³-hybridized carbons (Fsp3) is 0.125. The highest BCUT2D eigenvalue weighted by molar-refractivity contribution is 9.10. The summed E-state index contributed by atoms with van der Waals surface area (Å²) in [5.74, 6) is -0.180. The molecule has 102 valence electrons. The van der Waals surface area contributed by atoms with Gasteiger partial charge >= 0.3 is 0 Å². The molecule has 0 bridgehead atoms. The predicted molar refractivity (Wildman–Crippen MR) is 83.1 cm³/mol. The van der Waals surface area contributed by atoms with Gasteiger partial charge in [-0.1, -0.05) is 12.1 Å². The van der Waals surface area contributed by atoms with Crippen molar-refractivity contribution >= 4 is 33.3 Å². The Bertz CT molecular complexity index is 663. The van der Waals surface area contributed by atoms with Crippen LogP contribution < -0.4 is 5.32 Å². The van der Waals surface area contributed by atoms with Crippen LogP contribution in [0.25, 0.3) is 0 Å². The minimum Gasteiger partial charge on any atom is -0.326 e. The van der Waals surface area contributed by atoms with Gasteiger partial charge in [0.2, 0.25) is 5.91 Å². The van der Waals surface area contributed by atoms with E-state index < -0.39 is 0 Å². The molecule has 0 spiro atoms. The summed E-state index contributed by atoms with van der Waals surface area (Å²) in [6.45, 7) is 3.39. The summed E-state index contributed by atoms with van der Waals surface area (Å²) in [4.78, 5) is 23.4. The van der Waals surface area contributed by atoms with Crippen LogP contribution in [0, 0.1) is 6.92 Å². The van der Waals surface area contributed by atoms with Gasteiger partial charge in [-0.3, -0.25) is 9.59 Å². The van der Waals surface area contributed by atoms with Gasteiger partial charge < -0.3 is 5.32 Å². The fourth-order valence-electron chi connectivity index (χ4n) is 1.89. The van der Waals surface area contributed by atoms with Gasteiger partial charge in [-0.25, -0.2) is 0 Å². The first-order chi connectivity index (χ1) is 9.49. The minimum absolute atomic E-state index is 0.0463. The number of hydrogen-bond donors (Lipinski definition) is 1. The summed E-state index contributed by atoms with van der Waals surface area (Å²) in [6, 6.07) is 12.5. The molecule has 0 unspecified atom stereocenters. The van der Waals surface area contributed by atoms with Crippen LogP contribution in [0.15, 0.2) is 46.9 Å². The van der Waals surface area contributed by atoms with Crippen molar-refractivity contribution in [2.45, 2.75) is 13.8 Å². The van der Waals surface area contributed by atoms with Crippen molar-refractivity contribution in [1.29, 1.82) is 0 Å². The molecule has 0 aromatic heterocycles. The van der Waals surface area contributed by atoms with Gasteiger partial charge in [0.05, 0.1) is 0 Å². The van der Waals surface area contributed by atoms with Crippen molar-refractivity contribution in [1.82, 2.24) is 0 Å². The lowest BCUT2D eigenvalue weighted by Gasteiger charge is -2.07. The molecule has 2 aromatic rings. The van der Waals surface area contributed by atoms with Gasteiger partial charge in [0.15, 0.2) is 5.78 Å². The van der Waals surface area contributed by atoms with Gasteiger partial charge in [0, 0.05) is 28.2 Å². The van der Waals surface area contributed by atoms with Crippen LogP contribution in [0.4, 0.5) is 5.69 Å². The van der Waals surface area contributed by atoms with Crippen LogP contribution >= 0.6 is 15.9 Å². The zero-order valence-electron chi connectivity index (χ0n) is 11.2. The van der Waals surface area contributed by atoms with E-state index >= 15 is 0 Å². The maximum absolute atomic E-state index is 12.4. The van der Waals surface area contributed by atoms with E-state index in [1.54, 1.807) is 30.3 Å². The summed E-state index contributed by atoms with van der Waals surface area (Å²) in [5, 5.41) is 2.67. The van der Waals surface area contributed by atoms with Crippen molar-refractivity contribution < 1.29 is 9.59 Å². The standard InChI is InChI=1S/C16H14BrNO2/c1-10-4-3-5-14(15(10)17)16(20)12-6-8-13(9-7-12)18-11(2)19/h3-9H,1-2H3,(H,18,19). The SMILES string of the molecule is CC(=O)Nc1ccc(C(=O)c2cccc(C)c2Br)cc1. The van der Waals surface area contributed by atoms with Gasteiger partial charge in [-0.05, 0) is 58.7 Å². The molecule has 0 aliphatic carbocycles. The first-order valence-corrected chi connectivity index (χ1v) is 6.96. The van der Waals surface area contributed by atoms with Crippen molar-refractivity contribution in [3.05, 3.63) is 63.6 Å². The summed E-state index contributed by atoms with van der Waals surface area (Å²) in [6.07, 6.45) is 0. The zero-order valence-corrected chi connectivity index (χ0v) is 12.8. The van der Waals surface area contributed by atoms with E-state index in [2.05, 4.69) is 21.2 Å². The van der Waals surface area contributed by atoms with Crippen LogP contribution in [0.5, 0.6) is 0 Å².